The largest absolute Gasteiger partial charge is 0.449 e. The summed E-state index contributed by atoms with van der Waals surface area (Å²) in [6.45, 7) is 8.87. The van der Waals surface area contributed by atoms with Crippen LogP contribution in [0.5, 0.6) is 23.0 Å². The van der Waals surface area contributed by atoms with E-state index in [9.17, 15) is 0 Å². The number of nitrogens with zero attached hydrogens (tertiary/aromatic N) is 2. The van der Waals surface area contributed by atoms with Crippen LogP contribution in [0.2, 0.25) is 0 Å². The van der Waals surface area contributed by atoms with Crippen LogP contribution in [-0.2, 0) is 5.41 Å². The van der Waals surface area contributed by atoms with Crippen LogP contribution in [-0.4, -0.2) is 9.97 Å². The van der Waals surface area contributed by atoms with Gasteiger partial charge in [0.25, 0.3) is 0 Å². The highest BCUT2D eigenvalue weighted by Gasteiger charge is 2.46. The molecule has 0 saturated heterocycles. The third kappa shape index (κ3) is 6.54. The minimum Gasteiger partial charge on any atom is -0.449 e. The van der Waals surface area contributed by atoms with Gasteiger partial charge in [-0.25, -0.2) is 9.97 Å². The van der Waals surface area contributed by atoms with Crippen molar-refractivity contribution >= 4 is 0 Å². The molecule has 1 atom stereocenters. The van der Waals surface area contributed by atoms with Gasteiger partial charge < -0.3 is 9.47 Å². The molecular weight excluding hydrogens is 781 g/mol. The Bertz CT molecular complexity index is 3200. The Hall–Kier alpha value is -8.08. The summed E-state index contributed by atoms with van der Waals surface area (Å²) in [7, 11) is 0. The molecule has 11 rings (SSSR count). The smallest absolute Gasteiger partial charge is 0.178 e. The van der Waals surface area contributed by atoms with Crippen LogP contribution in [0.4, 0.5) is 0 Å². The fourth-order valence-corrected chi connectivity index (χ4v) is 9.73. The topological polar surface area (TPSA) is 44.2 Å². The maximum absolute atomic E-state index is 6.88. The number of hydrogen-bond acceptors (Lipinski definition) is 4. The fourth-order valence-electron chi connectivity index (χ4n) is 9.73. The third-order valence-electron chi connectivity index (χ3n) is 12.8. The zero-order valence-electron chi connectivity index (χ0n) is 35.8. The van der Waals surface area contributed by atoms with E-state index in [0.29, 0.717) is 23.1 Å². The number of ether oxygens (including phenoxy) is 2. The second-order valence-corrected chi connectivity index (χ2v) is 16.4. The summed E-state index contributed by atoms with van der Waals surface area (Å²) in [5.74, 6) is 3.41. The highest BCUT2D eigenvalue weighted by Crippen LogP contribution is 2.61. The molecule has 1 aliphatic carbocycles. The summed E-state index contributed by atoms with van der Waals surface area (Å²) in [6, 6.07) is 67.6. The summed E-state index contributed by atoms with van der Waals surface area (Å²) in [4.78, 5) is 10.6. The molecule has 1 aromatic heterocycles. The number of aromatic nitrogens is 2. The first-order chi connectivity index (χ1) is 31.5. The minimum atomic E-state index is -0.360. The molecule has 4 nitrogen and oxygen atoms in total. The quantitative estimate of drug-likeness (QED) is 0.136. The van der Waals surface area contributed by atoms with Gasteiger partial charge in [-0.05, 0) is 105 Å². The van der Waals surface area contributed by atoms with Crippen molar-refractivity contribution in [1.29, 1.82) is 0 Å². The predicted molar refractivity (Wildman–Crippen MR) is 262 cm³/mol. The van der Waals surface area contributed by atoms with Crippen molar-refractivity contribution < 1.29 is 9.47 Å². The van der Waals surface area contributed by atoms with Crippen molar-refractivity contribution in [2.24, 2.45) is 0 Å². The number of benzene rings is 8. The fraction of sp³-hybridized carbons (Fsp3) is 0.0667. The average molecular weight is 825 g/mol. The van der Waals surface area contributed by atoms with E-state index in [4.69, 9.17) is 19.4 Å². The summed E-state index contributed by atoms with van der Waals surface area (Å²) < 4.78 is 13.7. The van der Waals surface area contributed by atoms with Crippen LogP contribution in [0.3, 0.4) is 0 Å². The van der Waals surface area contributed by atoms with Crippen LogP contribution in [0.25, 0.3) is 78.4 Å². The number of hydrogen-bond donors (Lipinski definition) is 0. The standard InChI is InChI=1S/C60H44N2O2/c1-4-18-39(3)60(5-2)50-30-15-14-29-49(50)57-51(60)32-34-55-58(57)64-54-33-31-44(37-56(54)63-55)47-27-12-13-28-48(47)53-38-52(45-25-16-23-42(35-45)40-19-8-6-9-20-40)61-59(62-53)46-26-17-24-43(36-46)41-21-10-7-11-22-41/h4,6-38H,3,5H2,1-2H3/b18-4-. The summed E-state index contributed by atoms with van der Waals surface area (Å²) in [5.41, 5.74) is 16.5. The normalized spacial score (nSPS) is 14.5. The summed E-state index contributed by atoms with van der Waals surface area (Å²) in [6.07, 6.45) is 5.08. The van der Waals surface area contributed by atoms with Gasteiger partial charge in [0, 0.05) is 27.7 Å². The molecule has 0 fully saturated rings. The van der Waals surface area contributed by atoms with E-state index in [-0.39, 0.29) is 5.41 Å². The van der Waals surface area contributed by atoms with Crippen LogP contribution < -0.4 is 9.47 Å². The Morgan fingerprint density at radius 1 is 0.484 bits per heavy atom. The van der Waals surface area contributed by atoms with E-state index in [1.54, 1.807) is 0 Å². The first-order valence-corrected chi connectivity index (χ1v) is 21.9. The lowest BCUT2D eigenvalue weighted by Crippen LogP contribution is -2.25. The highest BCUT2D eigenvalue weighted by atomic mass is 16.6. The van der Waals surface area contributed by atoms with Gasteiger partial charge in [-0.2, -0.15) is 0 Å². The van der Waals surface area contributed by atoms with E-state index < -0.39 is 0 Å². The van der Waals surface area contributed by atoms with Gasteiger partial charge in [-0.3, -0.25) is 0 Å². The molecule has 0 radical (unpaired) electrons. The van der Waals surface area contributed by atoms with Gasteiger partial charge in [-0.1, -0.05) is 183 Å². The summed E-state index contributed by atoms with van der Waals surface area (Å²) in [5, 5.41) is 0. The molecule has 1 aliphatic heterocycles. The second-order valence-electron chi connectivity index (χ2n) is 16.4. The van der Waals surface area contributed by atoms with Crippen molar-refractivity contribution in [3.63, 3.8) is 0 Å². The van der Waals surface area contributed by atoms with E-state index in [1.165, 1.54) is 11.1 Å². The number of allylic oxidation sites excluding steroid dienone is 3. The lowest BCUT2D eigenvalue weighted by Gasteiger charge is -2.32. The lowest BCUT2D eigenvalue weighted by atomic mass is 9.70. The van der Waals surface area contributed by atoms with Crippen LogP contribution >= 0.6 is 0 Å². The first kappa shape index (κ1) is 38.8. The Kier molecular flexibility index (Phi) is 9.70. The third-order valence-corrected chi connectivity index (χ3v) is 12.8. The molecule has 0 amide bonds. The average Bonchev–Trinajstić information content (AvgIpc) is 3.67. The number of rotatable bonds is 9. The molecule has 9 aromatic rings. The maximum Gasteiger partial charge on any atom is 0.178 e. The molecule has 0 saturated carbocycles. The zero-order chi connectivity index (χ0) is 43.2. The van der Waals surface area contributed by atoms with E-state index in [0.717, 1.165) is 90.3 Å². The maximum atomic E-state index is 6.88. The molecular formula is C60H44N2O2. The molecule has 0 spiro atoms. The Balaban J connectivity index is 1.01. The van der Waals surface area contributed by atoms with Crippen LogP contribution in [0, 0.1) is 0 Å². The molecule has 306 valence electrons. The molecule has 4 heteroatoms. The second kappa shape index (κ2) is 16.0. The van der Waals surface area contributed by atoms with Crippen molar-refractivity contribution in [3.05, 3.63) is 230 Å². The SMILES string of the molecule is C=C(/C=C\C)C1(CC)c2ccccc2-c2c1ccc1c2Oc2ccc(-c3ccccc3-c3cc(-c4cccc(-c5ccccc5)c4)nc(-c4cccc(-c5ccccc5)c4)n3)cc2O1. The molecule has 8 aromatic carbocycles. The van der Waals surface area contributed by atoms with Crippen molar-refractivity contribution in [3.8, 4) is 101 Å². The number of fused-ring (bicyclic) bond motifs is 6. The zero-order valence-corrected chi connectivity index (χ0v) is 35.8. The van der Waals surface area contributed by atoms with Crippen LogP contribution in [0.1, 0.15) is 31.4 Å². The molecule has 2 aliphatic rings. The van der Waals surface area contributed by atoms with Crippen molar-refractivity contribution in [2.75, 3.05) is 0 Å². The first-order valence-electron chi connectivity index (χ1n) is 21.9. The van der Waals surface area contributed by atoms with E-state index in [1.807, 2.05) is 25.1 Å². The van der Waals surface area contributed by atoms with Gasteiger partial charge in [0.05, 0.1) is 11.4 Å². The molecule has 0 N–H and O–H groups in total. The summed E-state index contributed by atoms with van der Waals surface area (Å²) >= 11 is 0. The highest BCUT2D eigenvalue weighted by molar-refractivity contribution is 5.91. The molecule has 64 heavy (non-hydrogen) atoms. The van der Waals surface area contributed by atoms with Gasteiger partial charge in [0.1, 0.15) is 0 Å². The van der Waals surface area contributed by atoms with Crippen molar-refractivity contribution in [2.45, 2.75) is 25.7 Å². The van der Waals surface area contributed by atoms with Gasteiger partial charge >= 0.3 is 0 Å². The van der Waals surface area contributed by atoms with Crippen LogP contribution in [0.15, 0.2) is 218 Å². The molecule has 2 heterocycles. The van der Waals surface area contributed by atoms with Gasteiger partial charge in [0.15, 0.2) is 28.8 Å². The van der Waals surface area contributed by atoms with Gasteiger partial charge in [-0.15, -0.1) is 0 Å². The van der Waals surface area contributed by atoms with Gasteiger partial charge in [0.2, 0.25) is 0 Å². The van der Waals surface area contributed by atoms with Crippen molar-refractivity contribution in [1.82, 2.24) is 9.97 Å². The van der Waals surface area contributed by atoms with E-state index in [2.05, 4.69) is 202 Å². The Labute approximate surface area is 374 Å². The minimum absolute atomic E-state index is 0.360. The predicted octanol–water partition coefficient (Wildman–Crippen LogP) is 16.2. The lowest BCUT2D eigenvalue weighted by molar-refractivity contribution is 0.360. The monoisotopic (exact) mass is 824 g/mol. The molecule has 0 bridgehead atoms. The Morgan fingerprint density at radius 2 is 1.08 bits per heavy atom. The Morgan fingerprint density at radius 3 is 1.80 bits per heavy atom. The molecule has 1 unspecified atom stereocenters. The van der Waals surface area contributed by atoms with E-state index >= 15 is 0 Å².